The van der Waals surface area contributed by atoms with E-state index in [4.69, 9.17) is 4.98 Å². The molecule has 4 aromatic rings. The molecule has 1 N–H and O–H groups in total. The molecule has 4 aromatic heterocycles. The highest BCUT2D eigenvalue weighted by Gasteiger charge is 2.36. The number of pyridine rings is 2. The average Bonchev–Trinajstić information content (AvgIpc) is 3.39. The van der Waals surface area contributed by atoms with Gasteiger partial charge in [-0.25, -0.2) is 9.50 Å². The van der Waals surface area contributed by atoms with Crippen LogP contribution >= 0.6 is 12.4 Å². The molecule has 2 unspecified atom stereocenters. The first kappa shape index (κ1) is 19.5. The number of fused-ring (bicyclic) bond motifs is 3. The van der Waals surface area contributed by atoms with E-state index < -0.39 is 0 Å². The molecule has 2 bridgehead atoms. The van der Waals surface area contributed by atoms with Crippen molar-refractivity contribution in [1.82, 2.24) is 29.7 Å². The molecule has 3 saturated heterocycles. The lowest BCUT2D eigenvalue weighted by Crippen LogP contribution is -2.67. The van der Waals surface area contributed by atoms with Crippen LogP contribution in [0, 0.1) is 11.3 Å². The Labute approximate surface area is 185 Å². The smallest absolute Gasteiger partial charge is 0.128 e. The highest BCUT2D eigenvalue weighted by atomic mass is 35.5. The summed E-state index contributed by atoms with van der Waals surface area (Å²) in [6.07, 6.45) is 10.5. The molecule has 0 aromatic carbocycles. The Kier molecular flexibility index (Phi) is 4.65. The molecule has 0 amide bonds. The van der Waals surface area contributed by atoms with Gasteiger partial charge in [0.2, 0.25) is 0 Å². The van der Waals surface area contributed by atoms with Gasteiger partial charge in [-0.05, 0) is 24.6 Å². The SMILES string of the molecule is Cl.Cn1cc(-c2cc(-c3ccc(N4CC5CC(C4)N5)nc3)c3c(C#N)cnn3c2)cn1. The van der Waals surface area contributed by atoms with Gasteiger partial charge in [0, 0.05) is 73.1 Å². The molecule has 0 aliphatic carbocycles. The summed E-state index contributed by atoms with van der Waals surface area (Å²) in [6, 6.07) is 9.70. The van der Waals surface area contributed by atoms with E-state index in [1.165, 1.54) is 6.42 Å². The van der Waals surface area contributed by atoms with Crippen molar-refractivity contribution in [2.45, 2.75) is 18.5 Å². The Morgan fingerprint density at radius 3 is 2.48 bits per heavy atom. The number of nitrogens with one attached hydrogen (secondary N) is 1. The van der Waals surface area contributed by atoms with Crippen molar-refractivity contribution < 1.29 is 0 Å². The molecule has 156 valence electrons. The predicted molar refractivity (Wildman–Crippen MR) is 120 cm³/mol. The molecule has 0 saturated carbocycles. The third kappa shape index (κ3) is 3.23. The molecule has 3 aliphatic heterocycles. The van der Waals surface area contributed by atoms with Crippen LogP contribution in [0.1, 0.15) is 12.0 Å². The van der Waals surface area contributed by atoms with Crippen LogP contribution < -0.4 is 10.2 Å². The number of piperazine rings is 1. The third-order valence-corrected chi connectivity index (χ3v) is 6.08. The summed E-state index contributed by atoms with van der Waals surface area (Å²) >= 11 is 0. The monoisotopic (exact) mass is 432 g/mol. The van der Waals surface area contributed by atoms with E-state index in [9.17, 15) is 5.26 Å². The number of aromatic nitrogens is 5. The van der Waals surface area contributed by atoms with E-state index in [2.05, 4.69) is 44.7 Å². The van der Waals surface area contributed by atoms with E-state index in [1.54, 1.807) is 15.4 Å². The van der Waals surface area contributed by atoms with Crippen LogP contribution in [-0.4, -0.2) is 49.6 Å². The number of hydrogen-bond acceptors (Lipinski definition) is 6. The minimum absolute atomic E-state index is 0. The molecular formula is C22H21ClN8. The largest absolute Gasteiger partial charge is 0.353 e. The van der Waals surface area contributed by atoms with Crippen molar-refractivity contribution in [1.29, 1.82) is 5.26 Å². The average molecular weight is 433 g/mol. The first-order valence-corrected chi connectivity index (χ1v) is 10.1. The second-order valence-electron chi connectivity index (χ2n) is 8.11. The van der Waals surface area contributed by atoms with Crippen LogP contribution in [0.4, 0.5) is 5.82 Å². The topological polar surface area (TPSA) is 87.1 Å². The molecule has 9 heteroatoms. The van der Waals surface area contributed by atoms with Crippen LogP contribution in [0.15, 0.2) is 49.2 Å². The van der Waals surface area contributed by atoms with Gasteiger partial charge < -0.3 is 10.2 Å². The first-order valence-electron chi connectivity index (χ1n) is 10.1. The first-order chi connectivity index (χ1) is 14.7. The van der Waals surface area contributed by atoms with Gasteiger partial charge in [-0.3, -0.25) is 4.68 Å². The van der Waals surface area contributed by atoms with Gasteiger partial charge >= 0.3 is 0 Å². The number of halogens is 1. The molecular weight excluding hydrogens is 412 g/mol. The highest BCUT2D eigenvalue weighted by molar-refractivity contribution is 5.87. The number of nitriles is 1. The quantitative estimate of drug-likeness (QED) is 0.535. The van der Waals surface area contributed by atoms with Gasteiger partial charge in [0.1, 0.15) is 11.9 Å². The fraction of sp³-hybridized carbons (Fsp3) is 0.273. The summed E-state index contributed by atoms with van der Waals surface area (Å²) in [5.41, 5.74) is 5.24. The molecule has 0 radical (unpaired) electrons. The number of hydrogen-bond donors (Lipinski definition) is 1. The molecule has 0 spiro atoms. The van der Waals surface area contributed by atoms with Crippen molar-refractivity contribution in [2.24, 2.45) is 7.05 Å². The third-order valence-electron chi connectivity index (χ3n) is 6.08. The zero-order valence-corrected chi connectivity index (χ0v) is 17.8. The number of aryl methyl sites for hydroxylation is 1. The number of anilines is 1. The van der Waals surface area contributed by atoms with E-state index in [0.717, 1.165) is 46.7 Å². The predicted octanol–water partition coefficient (Wildman–Crippen LogP) is 2.64. The van der Waals surface area contributed by atoms with E-state index >= 15 is 0 Å². The standard InChI is InChI=1S/C22H20N8.ClH/c1-28-10-17(9-25-28)15-4-20(22-16(6-23)8-26-30(22)11-15)14-2-3-21(24-7-14)29-12-18-5-19(13-29)27-18;/h2-4,7-11,18-19,27H,5,12-13H2,1H3;1H. The lowest BCUT2D eigenvalue weighted by Gasteiger charge is -2.48. The van der Waals surface area contributed by atoms with Gasteiger partial charge in [-0.2, -0.15) is 15.5 Å². The highest BCUT2D eigenvalue weighted by Crippen LogP contribution is 2.33. The van der Waals surface area contributed by atoms with Crippen molar-refractivity contribution >= 4 is 23.7 Å². The number of rotatable bonds is 3. The number of piperidine rings is 1. The summed E-state index contributed by atoms with van der Waals surface area (Å²) in [6.45, 7) is 2.01. The Morgan fingerprint density at radius 1 is 1.03 bits per heavy atom. The summed E-state index contributed by atoms with van der Waals surface area (Å²) in [4.78, 5) is 7.10. The normalized spacial score (nSPS) is 19.5. The maximum atomic E-state index is 9.58. The molecule has 2 atom stereocenters. The van der Waals surface area contributed by atoms with Crippen LogP contribution in [0.3, 0.4) is 0 Å². The molecule has 7 rings (SSSR count). The van der Waals surface area contributed by atoms with Gasteiger partial charge in [0.25, 0.3) is 0 Å². The van der Waals surface area contributed by atoms with Gasteiger partial charge in [-0.15, -0.1) is 12.4 Å². The Morgan fingerprint density at radius 2 is 1.84 bits per heavy atom. The molecule has 31 heavy (non-hydrogen) atoms. The zero-order valence-electron chi connectivity index (χ0n) is 16.9. The van der Waals surface area contributed by atoms with Crippen molar-refractivity contribution in [3.05, 3.63) is 54.7 Å². The lowest BCUT2D eigenvalue weighted by atomic mass is 9.91. The fourth-order valence-electron chi connectivity index (χ4n) is 4.58. The number of nitrogens with zero attached hydrogens (tertiary/aromatic N) is 7. The summed E-state index contributed by atoms with van der Waals surface area (Å²) < 4.78 is 3.55. The molecule has 8 nitrogen and oxygen atoms in total. The van der Waals surface area contributed by atoms with Crippen LogP contribution in [0.25, 0.3) is 27.8 Å². The minimum Gasteiger partial charge on any atom is -0.353 e. The minimum atomic E-state index is 0. The fourth-order valence-corrected chi connectivity index (χ4v) is 4.58. The maximum Gasteiger partial charge on any atom is 0.128 e. The molecule has 3 fully saturated rings. The Hall–Kier alpha value is -3.41. The summed E-state index contributed by atoms with van der Waals surface area (Å²) in [7, 11) is 1.90. The second-order valence-corrected chi connectivity index (χ2v) is 8.11. The van der Waals surface area contributed by atoms with Crippen molar-refractivity contribution in [3.63, 3.8) is 0 Å². The second kappa shape index (κ2) is 7.38. The van der Waals surface area contributed by atoms with Crippen LogP contribution in [-0.2, 0) is 7.05 Å². The van der Waals surface area contributed by atoms with Gasteiger partial charge in [0.15, 0.2) is 0 Å². The van der Waals surface area contributed by atoms with Crippen molar-refractivity contribution in [3.8, 4) is 28.3 Å². The molecule has 3 aliphatic rings. The van der Waals surface area contributed by atoms with E-state index in [-0.39, 0.29) is 12.4 Å². The van der Waals surface area contributed by atoms with E-state index in [1.807, 2.05) is 31.8 Å². The van der Waals surface area contributed by atoms with E-state index in [0.29, 0.717) is 17.6 Å². The van der Waals surface area contributed by atoms with Crippen molar-refractivity contribution in [2.75, 3.05) is 18.0 Å². The lowest BCUT2D eigenvalue weighted by molar-refractivity contribution is 0.225. The maximum absolute atomic E-state index is 9.58. The van der Waals surface area contributed by atoms with Gasteiger partial charge in [-0.1, -0.05) is 0 Å². The van der Waals surface area contributed by atoms with Gasteiger partial charge in [0.05, 0.1) is 23.5 Å². The zero-order chi connectivity index (χ0) is 20.2. The Balaban J connectivity index is 0.00000204. The van der Waals surface area contributed by atoms with Crippen LogP contribution in [0.2, 0.25) is 0 Å². The Bertz CT molecular complexity index is 1280. The summed E-state index contributed by atoms with van der Waals surface area (Å²) in [5.74, 6) is 1.00. The molecule has 7 heterocycles. The summed E-state index contributed by atoms with van der Waals surface area (Å²) in [5, 5.41) is 21.8. The van der Waals surface area contributed by atoms with Crippen LogP contribution in [0.5, 0.6) is 0 Å².